The van der Waals surface area contributed by atoms with Crippen LogP contribution in [0.1, 0.15) is 23.6 Å². The van der Waals surface area contributed by atoms with E-state index in [0.717, 1.165) is 18.1 Å². The molecule has 3 heteroatoms. The molecule has 94 valence electrons. The first kappa shape index (κ1) is 12.6. The molecular weight excluding hydrogens is 232 g/mol. The fourth-order valence-corrected chi connectivity index (χ4v) is 1.90. The summed E-state index contributed by atoms with van der Waals surface area (Å²) in [6, 6.07) is 10.0. The second-order valence-corrected chi connectivity index (χ2v) is 4.31. The minimum Gasteiger partial charge on any atom is -0.396 e. The van der Waals surface area contributed by atoms with Crippen molar-refractivity contribution in [2.24, 2.45) is 0 Å². The molecular formula is C15H15F2N. The van der Waals surface area contributed by atoms with E-state index in [9.17, 15) is 8.78 Å². The van der Waals surface area contributed by atoms with Crippen LogP contribution in [0.4, 0.5) is 14.5 Å². The highest BCUT2D eigenvalue weighted by molar-refractivity contribution is 5.50. The third kappa shape index (κ3) is 2.67. The third-order valence-electron chi connectivity index (χ3n) is 3.01. The molecule has 0 aromatic heterocycles. The van der Waals surface area contributed by atoms with Crippen molar-refractivity contribution in [3.05, 3.63) is 64.7 Å². The smallest absolute Gasteiger partial charge is 0.149 e. The first-order chi connectivity index (χ1) is 8.60. The molecule has 2 aromatic carbocycles. The Kier molecular flexibility index (Phi) is 3.60. The fourth-order valence-electron chi connectivity index (χ4n) is 1.90. The maximum absolute atomic E-state index is 13.3. The molecule has 0 amide bonds. The number of rotatable bonds is 3. The van der Waals surface area contributed by atoms with E-state index in [-0.39, 0.29) is 5.69 Å². The summed E-state index contributed by atoms with van der Waals surface area (Å²) >= 11 is 0. The molecule has 18 heavy (non-hydrogen) atoms. The van der Waals surface area contributed by atoms with Crippen LogP contribution in [0.2, 0.25) is 0 Å². The minimum atomic E-state index is -0.699. The van der Waals surface area contributed by atoms with E-state index in [1.165, 1.54) is 11.6 Å². The van der Waals surface area contributed by atoms with Gasteiger partial charge in [-0.1, -0.05) is 31.2 Å². The molecule has 0 aliphatic rings. The number of benzene rings is 2. The molecule has 0 bridgehead atoms. The van der Waals surface area contributed by atoms with Crippen LogP contribution < -0.4 is 5.73 Å². The highest BCUT2D eigenvalue weighted by Gasteiger charge is 2.08. The van der Waals surface area contributed by atoms with Gasteiger partial charge in [0.05, 0.1) is 5.69 Å². The van der Waals surface area contributed by atoms with E-state index in [4.69, 9.17) is 5.73 Å². The van der Waals surface area contributed by atoms with Gasteiger partial charge in [0.1, 0.15) is 11.6 Å². The summed E-state index contributed by atoms with van der Waals surface area (Å²) < 4.78 is 26.4. The standard InChI is InChI=1S/C15H15F2N/c1-2-10-3-5-11(6-4-10)7-12-8-13(16)9-14(17)15(12)18/h3-6,8-9H,2,7,18H2,1H3. The molecule has 1 nitrogen and oxygen atoms in total. The van der Waals surface area contributed by atoms with Crippen LogP contribution in [-0.4, -0.2) is 0 Å². The van der Waals surface area contributed by atoms with Gasteiger partial charge >= 0.3 is 0 Å². The molecule has 0 saturated carbocycles. The Morgan fingerprint density at radius 3 is 2.22 bits per heavy atom. The molecule has 0 radical (unpaired) electrons. The van der Waals surface area contributed by atoms with Gasteiger partial charge in [0, 0.05) is 6.07 Å². The average Bonchev–Trinajstić information content (AvgIpc) is 2.36. The molecule has 0 saturated heterocycles. The number of halogens is 2. The van der Waals surface area contributed by atoms with Crippen LogP contribution in [0.15, 0.2) is 36.4 Å². The SMILES string of the molecule is CCc1ccc(Cc2cc(F)cc(F)c2N)cc1. The number of nitrogens with two attached hydrogens (primary N) is 1. The van der Waals surface area contributed by atoms with Crippen molar-refractivity contribution in [3.63, 3.8) is 0 Å². The Morgan fingerprint density at radius 1 is 1.00 bits per heavy atom. The van der Waals surface area contributed by atoms with E-state index in [1.807, 2.05) is 24.3 Å². The van der Waals surface area contributed by atoms with Gasteiger partial charge in [0.25, 0.3) is 0 Å². The first-order valence-corrected chi connectivity index (χ1v) is 5.91. The lowest BCUT2D eigenvalue weighted by atomic mass is 10.0. The molecule has 0 aliphatic carbocycles. The number of nitrogen functional groups attached to an aromatic ring is 1. The quantitative estimate of drug-likeness (QED) is 0.822. The summed E-state index contributed by atoms with van der Waals surface area (Å²) in [7, 11) is 0. The van der Waals surface area contributed by atoms with Gasteiger partial charge in [-0.25, -0.2) is 8.78 Å². The highest BCUT2D eigenvalue weighted by atomic mass is 19.1. The van der Waals surface area contributed by atoms with Crippen LogP contribution in [-0.2, 0) is 12.8 Å². The number of anilines is 1. The van der Waals surface area contributed by atoms with E-state index in [0.29, 0.717) is 12.0 Å². The van der Waals surface area contributed by atoms with E-state index in [2.05, 4.69) is 6.92 Å². The molecule has 2 aromatic rings. The van der Waals surface area contributed by atoms with Crippen LogP contribution >= 0.6 is 0 Å². The number of hydrogen-bond donors (Lipinski definition) is 1. The van der Waals surface area contributed by atoms with Crippen molar-refractivity contribution in [1.82, 2.24) is 0 Å². The zero-order chi connectivity index (χ0) is 13.1. The Morgan fingerprint density at radius 2 is 1.61 bits per heavy atom. The van der Waals surface area contributed by atoms with Crippen molar-refractivity contribution in [3.8, 4) is 0 Å². The maximum atomic E-state index is 13.3. The number of hydrogen-bond acceptors (Lipinski definition) is 1. The van der Waals surface area contributed by atoms with Crippen LogP contribution in [0.5, 0.6) is 0 Å². The van der Waals surface area contributed by atoms with Gasteiger partial charge < -0.3 is 5.73 Å². The van der Waals surface area contributed by atoms with Crippen molar-refractivity contribution in [1.29, 1.82) is 0 Å². The summed E-state index contributed by atoms with van der Waals surface area (Å²) in [5.74, 6) is -1.29. The molecule has 2 rings (SSSR count). The lowest BCUT2D eigenvalue weighted by molar-refractivity contribution is 0.584. The Hall–Kier alpha value is -1.90. The van der Waals surface area contributed by atoms with Gasteiger partial charge in [0.15, 0.2) is 0 Å². The molecule has 2 N–H and O–H groups in total. The average molecular weight is 247 g/mol. The first-order valence-electron chi connectivity index (χ1n) is 5.91. The lowest BCUT2D eigenvalue weighted by Crippen LogP contribution is -2.00. The van der Waals surface area contributed by atoms with Crippen LogP contribution in [0.25, 0.3) is 0 Å². The van der Waals surface area contributed by atoms with Gasteiger partial charge in [-0.2, -0.15) is 0 Å². The van der Waals surface area contributed by atoms with Crippen molar-refractivity contribution in [2.75, 3.05) is 5.73 Å². The zero-order valence-corrected chi connectivity index (χ0v) is 10.2. The largest absolute Gasteiger partial charge is 0.396 e. The summed E-state index contributed by atoms with van der Waals surface area (Å²) in [6.07, 6.45) is 1.40. The molecule has 0 atom stereocenters. The van der Waals surface area contributed by atoms with E-state index >= 15 is 0 Å². The molecule has 0 heterocycles. The van der Waals surface area contributed by atoms with Gasteiger partial charge in [0.2, 0.25) is 0 Å². The van der Waals surface area contributed by atoms with Gasteiger partial charge in [-0.15, -0.1) is 0 Å². The van der Waals surface area contributed by atoms with Crippen molar-refractivity contribution >= 4 is 5.69 Å². The van der Waals surface area contributed by atoms with Crippen molar-refractivity contribution in [2.45, 2.75) is 19.8 Å². The third-order valence-corrected chi connectivity index (χ3v) is 3.01. The van der Waals surface area contributed by atoms with Crippen LogP contribution in [0.3, 0.4) is 0 Å². The fraction of sp³-hybridized carbons (Fsp3) is 0.200. The molecule has 0 unspecified atom stereocenters. The summed E-state index contributed by atoms with van der Waals surface area (Å²) in [5.41, 5.74) is 8.34. The predicted molar refractivity (Wildman–Crippen MR) is 69.4 cm³/mol. The number of aryl methyl sites for hydroxylation is 1. The Bertz CT molecular complexity index is 547. The van der Waals surface area contributed by atoms with Crippen molar-refractivity contribution < 1.29 is 8.78 Å². The maximum Gasteiger partial charge on any atom is 0.149 e. The predicted octanol–water partition coefficient (Wildman–Crippen LogP) is 3.70. The van der Waals surface area contributed by atoms with Gasteiger partial charge in [-0.05, 0) is 35.6 Å². The van der Waals surface area contributed by atoms with Crippen LogP contribution in [0, 0.1) is 11.6 Å². The summed E-state index contributed by atoms with van der Waals surface area (Å²) in [5, 5.41) is 0. The normalized spacial score (nSPS) is 10.6. The molecule has 0 spiro atoms. The molecule has 0 fully saturated rings. The van der Waals surface area contributed by atoms with E-state index in [1.54, 1.807) is 0 Å². The topological polar surface area (TPSA) is 26.0 Å². The second-order valence-electron chi connectivity index (χ2n) is 4.31. The summed E-state index contributed by atoms with van der Waals surface area (Å²) in [6.45, 7) is 2.08. The minimum absolute atomic E-state index is 0.0240. The molecule has 0 aliphatic heterocycles. The zero-order valence-electron chi connectivity index (χ0n) is 10.2. The van der Waals surface area contributed by atoms with Gasteiger partial charge in [-0.3, -0.25) is 0 Å². The van der Waals surface area contributed by atoms with E-state index < -0.39 is 11.6 Å². The summed E-state index contributed by atoms with van der Waals surface area (Å²) in [4.78, 5) is 0. The Labute approximate surface area is 105 Å². The monoisotopic (exact) mass is 247 g/mol. The lowest BCUT2D eigenvalue weighted by Gasteiger charge is -2.08. The second kappa shape index (κ2) is 5.17. The highest BCUT2D eigenvalue weighted by Crippen LogP contribution is 2.21. The Balaban J connectivity index is 2.27.